The molecule has 0 saturated heterocycles. The molecule has 2 N–H and O–H groups in total. The SMILES string of the molecule is CSc1ccc([C@H](CO)NC(=O)OC(C)(C)C)cc1. The van der Waals surface area contributed by atoms with E-state index in [0.29, 0.717) is 0 Å². The molecule has 1 rings (SSSR count). The number of benzene rings is 1. The summed E-state index contributed by atoms with van der Waals surface area (Å²) < 4.78 is 5.17. The predicted molar refractivity (Wildman–Crippen MR) is 77.4 cm³/mol. The molecule has 106 valence electrons. The Morgan fingerprint density at radius 1 is 1.37 bits per heavy atom. The Labute approximate surface area is 118 Å². The van der Waals surface area contributed by atoms with Crippen LogP contribution in [0.2, 0.25) is 0 Å². The average molecular weight is 283 g/mol. The second kappa shape index (κ2) is 6.82. The van der Waals surface area contributed by atoms with Crippen molar-refractivity contribution in [3.63, 3.8) is 0 Å². The number of nitrogens with one attached hydrogen (secondary N) is 1. The van der Waals surface area contributed by atoms with Crippen LogP contribution in [0.25, 0.3) is 0 Å². The third kappa shape index (κ3) is 5.53. The van der Waals surface area contributed by atoms with Gasteiger partial charge in [-0.15, -0.1) is 11.8 Å². The first-order chi connectivity index (χ1) is 8.85. The number of amides is 1. The van der Waals surface area contributed by atoms with Crippen molar-refractivity contribution in [1.29, 1.82) is 0 Å². The molecule has 1 amide bonds. The summed E-state index contributed by atoms with van der Waals surface area (Å²) in [4.78, 5) is 12.8. The average Bonchev–Trinajstić information content (AvgIpc) is 2.34. The monoisotopic (exact) mass is 283 g/mol. The van der Waals surface area contributed by atoms with Crippen LogP contribution in [0.15, 0.2) is 29.2 Å². The largest absolute Gasteiger partial charge is 0.444 e. The van der Waals surface area contributed by atoms with Crippen LogP contribution in [0, 0.1) is 0 Å². The van der Waals surface area contributed by atoms with Crippen LogP contribution in [-0.2, 0) is 4.74 Å². The lowest BCUT2D eigenvalue weighted by Gasteiger charge is -2.23. The van der Waals surface area contributed by atoms with E-state index in [1.807, 2.05) is 30.5 Å². The van der Waals surface area contributed by atoms with Crippen LogP contribution >= 0.6 is 11.8 Å². The van der Waals surface area contributed by atoms with E-state index in [4.69, 9.17) is 4.74 Å². The normalized spacial score (nSPS) is 12.9. The van der Waals surface area contributed by atoms with Crippen LogP contribution < -0.4 is 5.32 Å². The highest BCUT2D eigenvalue weighted by molar-refractivity contribution is 7.98. The Bertz CT molecular complexity index is 412. The van der Waals surface area contributed by atoms with Crippen molar-refractivity contribution < 1.29 is 14.6 Å². The van der Waals surface area contributed by atoms with Crippen LogP contribution in [0.5, 0.6) is 0 Å². The lowest BCUT2D eigenvalue weighted by Crippen LogP contribution is -2.36. The lowest BCUT2D eigenvalue weighted by molar-refractivity contribution is 0.0482. The quantitative estimate of drug-likeness (QED) is 0.834. The smallest absolute Gasteiger partial charge is 0.408 e. The molecule has 0 radical (unpaired) electrons. The molecular formula is C14H21NO3S. The zero-order valence-electron chi connectivity index (χ0n) is 11.8. The highest BCUT2D eigenvalue weighted by atomic mass is 32.2. The van der Waals surface area contributed by atoms with E-state index < -0.39 is 17.7 Å². The van der Waals surface area contributed by atoms with Crippen molar-refractivity contribution in [1.82, 2.24) is 5.32 Å². The molecule has 0 bridgehead atoms. The minimum Gasteiger partial charge on any atom is -0.444 e. The van der Waals surface area contributed by atoms with E-state index >= 15 is 0 Å². The summed E-state index contributed by atoms with van der Waals surface area (Å²) in [7, 11) is 0. The zero-order valence-corrected chi connectivity index (χ0v) is 12.6. The van der Waals surface area contributed by atoms with Gasteiger partial charge in [-0.05, 0) is 44.7 Å². The summed E-state index contributed by atoms with van der Waals surface area (Å²) >= 11 is 1.64. The highest BCUT2D eigenvalue weighted by Crippen LogP contribution is 2.19. The van der Waals surface area contributed by atoms with Crippen LogP contribution in [0.3, 0.4) is 0 Å². The fourth-order valence-electron chi connectivity index (χ4n) is 1.52. The van der Waals surface area contributed by atoms with Gasteiger partial charge in [0.1, 0.15) is 5.60 Å². The number of carbonyl (C=O) groups excluding carboxylic acids is 1. The fraction of sp³-hybridized carbons (Fsp3) is 0.500. The van der Waals surface area contributed by atoms with Gasteiger partial charge in [-0.1, -0.05) is 12.1 Å². The molecular weight excluding hydrogens is 262 g/mol. The third-order valence-corrected chi connectivity index (χ3v) is 3.14. The summed E-state index contributed by atoms with van der Waals surface area (Å²) in [5, 5.41) is 12.0. The first-order valence-corrected chi connectivity index (χ1v) is 7.32. The number of thioether (sulfide) groups is 1. The Morgan fingerprint density at radius 2 is 1.95 bits per heavy atom. The minimum absolute atomic E-state index is 0.169. The maximum atomic E-state index is 11.7. The summed E-state index contributed by atoms with van der Waals surface area (Å²) in [5.74, 6) is 0. The topological polar surface area (TPSA) is 58.6 Å². The number of hydrogen-bond donors (Lipinski definition) is 2. The van der Waals surface area contributed by atoms with Crippen molar-refractivity contribution in [2.75, 3.05) is 12.9 Å². The Morgan fingerprint density at radius 3 is 2.37 bits per heavy atom. The summed E-state index contributed by atoms with van der Waals surface area (Å²) in [5.41, 5.74) is 0.304. The van der Waals surface area contributed by atoms with Crippen molar-refractivity contribution >= 4 is 17.9 Å². The Balaban J connectivity index is 2.69. The van der Waals surface area contributed by atoms with Gasteiger partial charge in [0.25, 0.3) is 0 Å². The van der Waals surface area contributed by atoms with Gasteiger partial charge >= 0.3 is 6.09 Å². The predicted octanol–water partition coefficient (Wildman–Crippen LogP) is 2.97. The number of carbonyl (C=O) groups is 1. The van der Waals surface area contributed by atoms with Crippen molar-refractivity contribution in [2.45, 2.75) is 37.3 Å². The Kier molecular flexibility index (Phi) is 5.69. The first-order valence-electron chi connectivity index (χ1n) is 6.10. The zero-order chi connectivity index (χ0) is 14.5. The van der Waals surface area contributed by atoms with Crippen molar-refractivity contribution in [3.8, 4) is 0 Å². The van der Waals surface area contributed by atoms with E-state index in [0.717, 1.165) is 10.5 Å². The molecule has 0 aliphatic heterocycles. The molecule has 1 atom stereocenters. The molecule has 0 heterocycles. The first kappa shape index (κ1) is 15.9. The molecule has 5 heteroatoms. The molecule has 0 saturated carbocycles. The second-order valence-corrected chi connectivity index (χ2v) is 6.03. The molecule has 1 aromatic rings. The maximum Gasteiger partial charge on any atom is 0.408 e. The second-order valence-electron chi connectivity index (χ2n) is 5.15. The van der Waals surface area contributed by atoms with Crippen LogP contribution in [0.1, 0.15) is 32.4 Å². The molecule has 0 unspecified atom stereocenters. The number of aliphatic hydroxyl groups is 1. The van der Waals surface area contributed by atoms with Gasteiger partial charge in [0.15, 0.2) is 0 Å². The number of rotatable bonds is 4. The third-order valence-electron chi connectivity index (χ3n) is 2.39. The van der Waals surface area contributed by atoms with Gasteiger partial charge < -0.3 is 15.2 Å². The van der Waals surface area contributed by atoms with Gasteiger partial charge in [-0.3, -0.25) is 0 Å². The number of alkyl carbamates (subject to hydrolysis) is 1. The van der Waals surface area contributed by atoms with E-state index in [2.05, 4.69) is 5.32 Å². The van der Waals surface area contributed by atoms with Gasteiger partial charge in [-0.2, -0.15) is 0 Å². The number of aliphatic hydroxyl groups excluding tert-OH is 1. The molecule has 1 aromatic carbocycles. The van der Waals surface area contributed by atoms with Gasteiger partial charge in [-0.25, -0.2) is 4.79 Å². The van der Waals surface area contributed by atoms with Gasteiger partial charge in [0.2, 0.25) is 0 Å². The van der Waals surface area contributed by atoms with Crippen LogP contribution in [0.4, 0.5) is 4.79 Å². The maximum absolute atomic E-state index is 11.7. The Hall–Kier alpha value is -1.20. The molecule has 19 heavy (non-hydrogen) atoms. The molecule has 0 aliphatic rings. The molecule has 0 spiro atoms. The standard InChI is InChI=1S/C14H21NO3S/c1-14(2,3)18-13(17)15-12(9-16)10-5-7-11(19-4)8-6-10/h5-8,12,16H,9H2,1-4H3,(H,15,17)/t12-/m0/s1. The molecule has 0 fully saturated rings. The summed E-state index contributed by atoms with van der Waals surface area (Å²) in [6, 6.07) is 7.25. The van der Waals surface area contributed by atoms with Crippen molar-refractivity contribution in [3.05, 3.63) is 29.8 Å². The molecule has 4 nitrogen and oxygen atoms in total. The summed E-state index contributed by atoms with van der Waals surface area (Å²) in [6.07, 6.45) is 1.47. The van der Waals surface area contributed by atoms with Crippen LogP contribution in [-0.4, -0.2) is 29.7 Å². The molecule has 0 aromatic heterocycles. The van der Waals surface area contributed by atoms with E-state index in [9.17, 15) is 9.90 Å². The van der Waals surface area contributed by atoms with Crippen molar-refractivity contribution in [2.24, 2.45) is 0 Å². The lowest BCUT2D eigenvalue weighted by atomic mass is 10.1. The van der Waals surface area contributed by atoms with E-state index in [-0.39, 0.29) is 6.61 Å². The summed E-state index contributed by atoms with van der Waals surface area (Å²) in [6.45, 7) is 5.23. The number of ether oxygens (including phenoxy) is 1. The van der Waals surface area contributed by atoms with E-state index in [1.165, 1.54) is 0 Å². The van der Waals surface area contributed by atoms with E-state index in [1.54, 1.807) is 32.5 Å². The minimum atomic E-state index is -0.549. The van der Waals surface area contributed by atoms with Gasteiger partial charge in [0, 0.05) is 4.90 Å². The highest BCUT2D eigenvalue weighted by Gasteiger charge is 2.20. The fourth-order valence-corrected chi connectivity index (χ4v) is 1.93. The molecule has 0 aliphatic carbocycles. The number of hydrogen-bond acceptors (Lipinski definition) is 4. The van der Waals surface area contributed by atoms with Gasteiger partial charge in [0.05, 0.1) is 12.6 Å².